The van der Waals surface area contributed by atoms with E-state index in [2.05, 4.69) is 12.2 Å². The van der Waals surface area contributed by atoms with Crippen molar-refractivity contribution in [3.63, 3.8) is 0 Å². The van der Waals surface area contributed by atoms with Crippen LogP contribution in [0.25, 0.3) is 0 Å². The maximum Gasteiger partial charge on any atom is 0.256 e. The van der Waals surface area contributed by atoms with Crippen LogP contribution in [0.2, 0.25) is 5.02 Å². The van der Waals surface area contributed by atoms with Crippen LogP contribution in [-0.4, -0.2) is 37.9 Å². The van der Waals surface area contributed by atoms with Crippen molar-refractivity contribution < 1.29 is 19.0 Å². The number of hydrogen-bond donors (Lipinski definition) is 1. The summed E-state index contributed by atoms with van der Waals surface area (Å²) in [5.74, 6) is 0.950. The first-order chi connectivity index (χ1) is 12.4. The number of methoxy groups -OCH3 is 1. The average molecular weight is 384 g/mol. The zero-order chi connectivity index (χ0) is 19.2. The van der Waals surface area contributed by atoms with Gasteiger partial charge < -0.3 is 19.5 Å². The van der Waals surface area contributed by atoms with Gasteiger partial charge in [-0.05, 0) is 57.2 Å². The monoisotopic (exact) mass is 383 g/mol. The smallest absolute Gasteiger partial charge is 0.256 e. The number of ether oxygens (including phenoxy) is 3. The molecule has 1 saturated carbocycles. The van der Waals surface area contributed by atoms with Crippen molar-refractivity contribution in [1.82, 2.24) is 0 Å². The number of anilines is 1. The summed E-state index contributed by atoms with van der Waals surface area (Å²) < 4.78 is 16.7. The molecule has 1 aliphatic carbocycles. The Kier molecular flexibility index (Phi) is 7.74. The van der Waals surface area contributed by atoms with Crippen molar-refractivity contribution in [2.75, 3.05) is 25.6 Å². The van der Waals surface area contributed by atoms with Gasteiger partial charge in [-0.2, -0.15) is 0 Å². The molecule has 0 aromatic heterocycles. The van der Waals surface area contributed by atoms with Crippen LogP contribution in [0.4, 0.5) is 5.69 Å². The minimum absolute atomic E-state index is 0.0941. The lowest BCUT2D eigenvalue weighted by Gasteiger charge is -2.38. The maximum atomic E-state index is 13.0. The summed E-state index contributed by atoms with van der Waals surface area (Å²) in [5.41, 5.74) is -0.106. The van der Waals surface area contributed by atoms with Crippen LogP contribution in [0.15, 0.2) is 18.2 Å². The molecule has 146 valence electrons. The molecule has 1 aromatic carbocycles. The number of rotatable bonds is 8. The highest BCUT2D eigenvalue weighted by atomic mass is 35.5. The number of halogens is 1. The number of hydrogen-bond acceptors (Lipinski definition) is 4. The zero-order valence-corrected chi connectivity index (χ0v) is 16.9. The third-order valence-electron chi connectivity index (χ3n) is 4.71. The summed E-state index contributed by atoms with van der Waals surface area (Å²) in [6.07, 6.45) is 3.53. The van der Waals surface area contributed by atoms with E-state index in [4.69, 9.17) is 25.8 Å². The second kappa shape index (κ2) is 9.58. The molecule has 1 aromatic rings. The van der Waals surface area contributed by atoms with Crippen LogP contribution < -0.4 is 10.1 Å². The van der Waals surface area contributed by atoms with Crippen LogP contribution in [-0.2, 0) is 14.3 Å². The minimum atomic E-state index is -0.749. The lowest BCUT2D eigenvalue weighted by atomic mass is 9.78. The molecule has 1 aliphatic rings. The fourth-order valence-corrected chi connectivity index (χ4v) is 3.81. The van der Waals surface area contributed by atoms with Crippen molar-refractivity contribution in [2.45, 2.75) is 58.2 Å². The van der Waals surface area contributed by atoms with Gasteiger partial charge in [-0.25, -0.2) is 0 Å². The standard InChI is InChI=1S/C20H30ClNO4/c1-5-25-20(10-6-7-14(2)12-20)19(23)22-16-8-9-18(17(21)11-16)26-15(3)13-24-4/h8-9,11,14-15H,5-7,10,12-13H2,1-4H3,(H,22,23)/t14-,15-,20+/m1/s1. The summed E-state index contributed by atoms with van der Waals surface area (Å²) in [6, 6.07) is 5.27. The molecule has 0 radical (unpaired) electrons. The Labute approximate surface area is 161 Å². The Bertz CT molecular complexity index is 605. The molecule has 0 saturated heterocycles. The predicted octanol–water partition coefficient (Wildman–Crippen LogP) is 4.68. The summed E-state index contributed by atoms with van der Waals surface area (Å²) in [4.78, 5) is 13.0. The van der Waals surface area contributed by atoms with E-state index in [1.165, 1.54) is 0 Å². The van der Waals surface area contributed by atoms with E-state index in [1.54, 1.807) is 25.3 Å². The van der Waals surface area contributed by atoms with Gasteiger partial charge in [0.15, 0.2) is 0 Å². The summed E-state index contributed by atoms with van der Waals surface area (Å²) in [5, 5.41) is 3.43. The molecule has 0 aliphatic heterocycles. The summed E-state index contributed by atoms with van der Waals surface area (Å²) in [6.45, 7) is 7.00. The highest BCUT2D eigenvalue weighted by Gasteiger charge is 2.42. The fourth-order valence-electron chi connectivity index (χ4n) is 3.59. The number of carbonyl (C=O) groups is 1. The van der Waals surface area contributed by atoms with Crippen LogP contribution >= 0.6 is 11.6 Å². The molecule has 3 atom stereocenters. The van der Waals surface area contributed by atoms with Gasteiger partial charge in [0.25, 0.3) is 5.91 Å². The minimum Gasteiger partial charge on any atom is -0.487 e. The molecule has 0 spiro atoms. The fraction of sp³-hybridized carbons (Fsp3) is 0.650. The lowest BCUT2D eigenvalue weighted by Crippen LogP contribution is -2.48. The van der Waals surface area contributed by atoms with Gasteiger partial charge in [0.1, 0.15) is 17.5 Å². The molecule has 26 heavy (non-hydrogen) atoms. The Morgan fingerprint density at radius 1 is 1.46 bits per heavy atom. The normalized spacial score (nSPS) is 24.1. The first-order valence-corrected chi connectivity index (χ1v) is 9.68. The van der Waals surface area contributed by atoms with Gasteiger partial charge >= 0.3 is 0 Å². The molecule has 0 heterocycles. The van der Waals surface area contributed by atoms with Gasteiger partial charge in [-0.15, -0.1) is 0 Å². The van der Waals surface area contributed by atoms with Gasteiger partial charge in [-0.1, -0.05) is 24.9 Å². The van der Waals surface area contributed by atoms with E-state index in [-0.39, 0.29) is 12.0 Å². The third kappa shape index (κ3) is 5.35. The number of carbonyl (C=O) groups excluding carboxylic acids is 1. The van der Waals surface area contributed by atoms with Gasteiger partial charge in [0.05, 0.1) is 11.6 Å². The van der Waals surface area contributed by atoms with Crippen LogP contribution in [0, 0.1) is 5.92 Å². The highest BCUT2D eigenvalue weighted by molar-refractivity contribution is 6.32. The SMILES string of the molecule is CCO[C@@]1(C(=O)Nc2ccc(O[C@H](C)COC)c(Cl)c2)CCC[C@@H](C)C1. The largest absolute Gasteiger partial charge is 0.487 e. The molecule has 2 rings (SSSR count). The zero-order valence-electron chi connectivity index (χ0n) is 16.1. The molecular weight excluding hydrogens is 354 g/mol. The van der Waals surface area contributed by atoms with E-state index in [9.17, 15) is 4.79 Å². The van der Waals surface area contributed by atoms with Crippen LogP contribution in [0.3, 0.4) is 0 Å². The van der Waals surface area contributed by atoms with E-state index in [0.29, 0.717) is 35.6 Å². The summed E-state index contributed by atoms with van der Waals surface area (Å²) in [7, 11) is 1.63. The molecule has 0 unspecified atom stereocenters. The lowest BCUT2D eigenvalue weighted by molar-refractivity contribution is -0.147. The van der Waals surface area contributed by atoms with Crippen molar-refractivity contribution in [3.05, 3.63) is 23.2 Å². The first-order valence-electron chi connectivity index (χ1n) is 9.30. The van der Waals surface area contributed by atoms with Crippen molar-refractivity contribution in [3.8, 4) is 5.75 Å². The van der Waals surface area contributed by atoms with Crippen LogP contribution in [0.5, 0.6) is 5.75 Å². The van der Waals surface area contributed by atoms with Gasteiger partial charge in [-0.3, -0.25) is 4.79 Å². The Morgan fingerprint density at radius 2 is 2.23 bits per heavy atom. The first kappa shape index (κ1) is 21.0. The second-order valence-corrected chi connectivity index (χ2v) is 7.52. The topological polar surface area (TPSA) is 56.8 Å². The molecular formula is C20H30ClNO4. The number of benzene rings is 1. The van der Waals surface area contributed by atoms with E-state index >= 15 is 0 Å². The van der Waals surface area contributed by atoms with Crippen molar-refractivity contribution in [2.24, 2.45) is 5.92 Å². The quantitative estimate of drug-likeness (QED) is 0.708. The van der Waals surface area contributed by atoms with E-state index < -0.39 is 5.60 Å². The van der Waals surface area contributed by atoms with Gasteiger partial charge in [0, 0.05) is 19.4 Å². The molecule has 1 amide bonds. The predicted molar refractivity (Wildman–Crippen MR) is 104 cm³/mol. The molecule has 0 bridgehead atoms. The van der Waals surface area contributed by atoms with Crippen LogP contribution in [0.1, 0.15) is 46.5 Å². The number of nitrogens with one attached hydrogen (secondary N) is 1. The Hall–Kier alpha value is -1.30. The Balaban J connectivity index is 2.09. The average Bonchev–Trinajstić information content (AvgIpc) is 2.58. The second-order valence-electron chi connectivity index (χ2n) is 7.11. The Morgan fingerprint density at radius 3 is 2.85 bits per heavy atom. The highest BCUT2D eigenvalue weighted by Crippen LogP contribution is 2.37. The van der Waals surface area contributed by atoms with Crippen molar-refractivity contribution >= 4 is 23.2 Å². The molecule has 1 N–H and O–H groups in total. The summed E-state index contributed by atoms with van der Waals surface area (Å²) >= 11 is 6.31. The molecule has 1 fully saturated rings. The van der Waals surface area contributed by atoms with Crippen molar-refractivity contribution in [1.29, 1.82) is 0 Å². The number of amides is 1. The van der Waals surface area contributed by atoms with E-state index in [0.717, 1.165) is 25.7 Å². The third-order valence-corrected chi connectivity index (χ3v) is 5.00. The maximum absolute atomic E-state index is 13.0. The van der Waals surface area contributed by atoms with E-state index in [1.807, 2.05) is 13.8 Å². The molecule has 6 heteroatoms. The van der Waals surface area contributed by atoms with Gasteiger partial charge in [0.2, 0.25) is 0 Å². The molecule has 5 nitrogen and oxygen atoms in total.